The molecule has 0 saturated heterocycles. The molecule has 8 heteroatoms. The Hall–Kier alpha value is -2.42. The number of benzene rings is 1. The standard InChI is InChI=1S/C21H30N4O4/c1-24(2)12-16(26)13-29-20-5-4-17(28-3)10-15(20)11-25-8-6-18-19(7-9-25)22-14-23-21(18)27/h4-5,10,14,16,26H,6-9,11-13H2,1-3H3,(H,22,23,27)/t16-/m1/s1. The summed E-state index contributed by atoms with van der Waals surface area (Å²) in [5.41, 5.74) is 2.61. The molecule has 1 atom stereocenters. The molecule has 0 spiro atoms. The molecule has 0 amide bonds. The minimum atomic E-state index is -0.564. The fourth-order valence-electron chi connectivity index (χ4n) is 3.59. The van der Waals surface area contributed by atoms with Crippen molar-refractivity contribution in [2.45, 2.75) is 25.5 Å². The van der Waals surface area contributed by atoms with Crippen molar-refractivity contribution in [1.82, 2.24) is 19.8 Å². The Morgan fingerprint density at radius 1 is 1.31 bits per heavy atom. The van der Waals surface area contributed by atoms with Crippen LogP contribution in [-0.2, 0) is 19.4 Å². The maximum absolute atomic E-state index is 12.1. The van der Waals surface area contributed by atoms with Gasteiger partial charge in [-0.1, -0.05) is 0 Å². The fourth-order valence-corrected chi connectivity index (χ4v) is 3.59. The zero-order chi connectivity index (χ0) is 20.8. The molecule has 158 valence electrons. The highest BCUT2D eigenvalue weighted by molar-refractivity contribution is 5.40. The summed E-state index contributed by atoms with van der Waals surface area (Å²) >= 11 is 0. The van der Waals surface area contributed by atoms with Crippen LogP contribution in [-0.4, -0.2) is 78.4 Å². The van der Waals surface area contributed by atoms with E-state index in [1.54, 1.807) is 7.11 Å². The summed E-state index contributed by atoms with van der Waals surface area (Å²) in [5.74, 6) is 1.50. The summed E-state index contributed by atoms with van der Waals surface area (Å²) < 4.78 is 11.3. The zero-order valence-electron chi connectivity index (χ0n) is 17.4. The lowest BCUT2D eigenvalue weighted by molar-refractivity contribution is 0.0822. The first kappa shape index (κ1) is 21.3. The first-order chi connectivity index (χ1) is 14.0. The van der Waals surface area contributed by atoms with Gasteiger partial charge in [0.05, 0.1) is 19.1 Å². The van der Waals surface area contributed by atoms with E-state index in [4.69, 9.17) is 9.47 Å². The van der Waals surface area contributed by atoms with Crippen molar-refractivity contribution < 1.29 is 14.6 Å². The van der Waals surface area contributed by atoms with Gasteiger partial charge in [-0.05, 0) is 38.7 Å². The number of aromatic amines is 1. The Balaban J connectivity index is 1.70. The van der Waals surface area contributed by atoms with Crippen LogP contribution in [0.2, 0.25) is 0 Å². The van der Waals surface area contributed by atoms with E-state index >= 15 is 0 Å². The maximum atomic E-state index is 12.1. The third kappa shape index (κ3) is 5.79. The Bertz CT molecular complexity index is 868. The van der Waals surface area contributed by atoms with Crippen LogP contribution in [0.3, 0.4) is 0 Å². The van der Waals surface area contributed by atoms with Crippen molar-refractivity contribution in [1.29, 1.82) is 0 Å². The van der Waals surface area contributed by atoms with Crippen molar-refractivity contribution in [3.8, 4) is 11.5 Å². The molecule has 1 aliphatic rings. The molecule has 29 heavy (non-hydrogen) atoms. The van der Waals surface area contributed by atoms with Crippen LogP contribution in [0.25, 0.3) is 0 Å². The van der Waals surface area contributed by atoms with E-state index < -0.39 is 6.10 Å². The van der Waals surface area contributed by atoms with Gasteiger partial charge in [0.2, 0.25) is 0 Å². The van der Waals surface area contributed by atoms with E-state index in [0.717, 1.165) is 47.8 Å². The summed E-state index contributed by atoms with van der Waals surface area (Å²) in [7, 11) is 5.47. The minimum Gasteiger partial charge on any atom is -0.497 e. The predicted octanol–water partition coefficient (Wildman–Crippen LogP) is 0.681. The van der Waals surface area contributed by atoms with Crippen LogP contribution < -0.4 is 15.0 Å². The first-order valence-electron chi connectivity index (χ1n) is 9.86. The van der Waals surface area contributed by atoms with E-state index in [9.17, 15) is 9.90 Å². The molecule has 0 fully saturated rings. The first-order valence-corrected chi connectivity index (χ1v) is 9.86. The molecule has 8 nitrogen and oxygen atoms in total. The number of hydrogen-bond donors (Lipinski definition) is 2. The number of nitrogens with one attached hydrogen (secondary N) is 1. The molecule has 0 aliphatic carbocycles. The number of hydrogen-bond acceptors (Lipinski definition) is 7. The molecular weight excluding hydrogens is 372 g/mol. The molecule has 0 saturated carbocycles. The Labute approximate surface area is 171 Å². The summed E-state index contributed by atoms with van der Waals surface area (Å²) in [6, 6.07) is 5.71. The lowest BCUT2D eigenvalue weighted by Crippen LogP contribution is -2.31. The highest BCUT2D eigenvalue weighted by Crippen LogP contribution is 2.26. The number of aliphatic hydroxyl groups is 1. The van der Waals surface area contributed by atoms with Crippen LogP contribution in [0, 0.1) is 0 Å². The molecule has 1 aromatic carbocycles. The zero-order valence-corrected chi connectivity index (χ0v) is 17.4. The lowest BCUT2D eigenvalue weighted by atomic mass is 10.1. The normalized spacial score (nSPS) is 15.6. The number of methoxy groups -OCH3 is 1. The van der Waals surface area contributed by atoms with Crippen molar-refractivity contribution in [2.75, 3.05) is 47.4 Å². The van der Waals surface area contributed by atoms with Gasteiger partial charge in [0, 0.05) is 43.7 Å². The minimum absolute atomic E-state index is 0.0443. The molecule has 0 radical (unpaired) electrons. The smallest absolute Gasteiger partial charge is 0.254 e. The lowest BCUT2D eigenvalue weighted by Gasteiger charge is -2.23. The van der Waals surface area contributed by atoms with Gasteiger partial charge >= 0.3 is 0 Å². The van der Waals surface area contributed by atoms with E-state index in [0.29, 0.717) is 19.5 Å². The van der Waals surface area contributed by atoms with Crippen LogP contribution in [0.1, 0.15) is 16.8 Å². The van der Waals surface area contributed by atoms with Gasteiger partial charge in [-0.3, -0.25) is 9.69 Å². The summed E-state index contributed by atoms with van der Waals surface area (Å²) in [5, 5.41) is 10.1. The quantitative estimate of drug-likeness (QED) is 0.671. The monoisotopic (exact) mass is 402 g/mol. The molecule has 3 rings (SSSR count). The number of rotatable bonds is 8. The fraction of sp³-hybridized carbons (Fsp3) is 0.524. The number of ether oxygens (including phenoxy) is 2. The Morgan fingerprint density at radius 3 is 2.86 bits per heavy atom. The van der Waals surface area contributed by atoms with Gasteiger partial charge in [0.1, 0.15) is 24.2 Å². The largest absolute Gasteiger partial charge is 0.497 e. The van der Waals surface area contributed by atoms with Gasteiger partial charge in [-0.25, -0.2) is 4.98 Å². The van der Waals surface area contributed by atoms with Crippen molar-refractivity contribution >= 4 is 0 Å². The SMILES string of the molecule is COc1ccc(OC[C@H](O)CN(C)C)c(CN2CCc3nc[nH]c(=O)c3CC2)c1. The number of aliphatic hydroxyl groups excluding tert-OH is 1. The van der Waals surface area contributed by atoms with E-state index in [1.165, 1.54) is 6.33 Å². The molecular formula is C21H30N4O4. The van der Waals surface area contributed by atoms with E-state index in [1.807, 2.05) is 37.2 Å². The number of nitrogens with zero attached hydrogens (tertiary/aromatic N) is 3. The molecule has 0 bridgehead atoms. The second-order valence-corrected chi connectivity index (χ2v) is 7.63. The van der Waals surface area contributed by atoms with Crippen LogP contribution in [0.5, 0.6) is 11.5 Å². The second-order valence-electron chi connectivity index (χ2n) is 7.63. The number of aromatic nitrogens is 2. The van der Waals surface area contributed by atoms with Crippen molar-refractivity contribution in [3.63, 3.8) is 0 Å². The third-order valence-electron chi connectivity index (χ3n) is 5.05. The van der Waals surface area contributed by atoms with E-state index in [-0.39, 0.29) is 12.2 Å². The van der Waals surface area contributed by atoms with Crippen molar-refractivity contribution in [3.05, 3.63) is 51.7 Å². The van der Waals surface area contributed by atoms with Gasteiger partial charge in [0.25, 0.3) is 5.56 Å². The Morgan fingerprint density at radius 2 is 2.10 bits per heavy atom. The van der Waals surface area contributed by atoms with Gasteiger partial charge < -0.3 is 24.5 Å². The summed E-state index contributed by atoms with van der Waals surface area (Å²) in [6.07, 6.45) is 2.32. The van der Waals surface area contributed by atoms with Crippen LogP contribution in [0.15, 0.2) is 29.3 Å². The predicted molar refractivity (Wildman–Crippen MR) is 111 cm³/mol. The summed E-state index contributed by atoms with van der Waals surface area (Å²) in [6.45, 7) is 3.01. The molecule has 2 aromatic rings. The molecule has 0 unspecified atom stereocenters. The molecule has 2 N–H and O–H groups in total. The third-order valence-corrected chi connectivity index (χ3v) is 5.05. The summed E-state index contributed by atoms with van der Waals surface area (Å²) in [4.78, 5) is 23.3. The van der Waals surface area contributed by atoms with Gasteiger partial charge in [-0.2, -0.15) is 0 Å². The highest BCUT2D eigenvalue weighted by Gasteiger charge is 2.19. The Kier molecular flexibility index (Phi) is 7.24. The average Bonchev–Trinajstić information content (AvgIpc) is 2.90. The average molecular weight is 402 g/mol. The van der Waals surface area contributed by atoms with Gasteiger partial charge in [-0.15, -0.1) is 0 Å². The van der Waals surface area contributed by atoms with Crippen LogP contribution in [0.4, 0.5) is 0 Å². The maximum Gasteiger partial charge on any atom is 0.254 e. The highest BCUT2D eigenvalue weighted by atomic mass is 16.5. The van der Waals surface area contributed by atoms with Crippen LogP contribution >= 0.6 is 0 Å². The van der Waals surface area contributed by atoms with E-state index in [2.05, 4.69) is 14.9 Å². The number of fused-ring (bicyclic) bond motifs is 1. The molecule has 2 heterocycles. The van der Waals surface area contributed by atoms with Gasteiger partial charge in [0.15, 0.2) is 0 Å². The molecule has 1 aromatic heterocycles. The number of H-pyrrole nitrogens is 1. The molecule has 1 aliphatic heterocycles. The number of likely N-dealkylation sites (N-methyl/N-ethyl adjacent to an activating group) is 1. The second kappa shape index (κ2) is 9.87. The van der Waals surface area contributed by atoms with Crippen molar-refractivity contribution in [2.24, 2.45) is 0 Å². The topological polar surface area (TPSA) is 90.9 Å².